The highest BCUT2D eigenvalue weighted by atomic mass is 35.5. The zero-order valence-electron chi connectivity index (χ0n) is 17.7. The molecule has 3 aromatic rings. The van der Waals surface area contributed by atoms with Gasteiger partial charge in [0.2, 0.25) is 5.91 Å². The van der Waals surface area contributed by atoms with Crippen LogP contribution in [-0.4, -0.2) is 30.4 Å². The van der Waals surface area contributed by atoms with Gasteiger partial charge in [0.15, 0.2) is 0 Å². The van der Waals surface area contributed by atoms with Crippen molar-refractivity contribution in [2.24, 2.45) is 0 Å². The smallest absolute Gasteiger partial charge is 0.256 e. The molecule has 0 aliphatic rings. The van der Waals surface area contributed by atoms with Crippen LogP contribution in [0.5, 0.6) is 5.75 Å². The molecule has 32 heavy (non-hydrogen) atoms. The van der Waals surface area contributed by atoms with E-state index in [-0.39, 0.29) is 18.2 Å². The Balaban J connectivity index is 1.53. The van der Waals surface area contributed by atoms with E-state index in [0.717, 1.165) is 5.56 Å². The molecule has 3 aromatic carbocycles. The number of anilines is 1. The number of carbonyl (C=O) groups is 2. The second kappa shape index (κ2) is 11.6. The van der Waals surface area contributed by atoms with Gasteiger partial charge in [-0.25, -0.2) is 0 Å². The van der Waals surface area contributed by atoms with Gasteiger partial charge >= 0.3 is 0 Å². The summed E-state index contributed by atoms with van der Waals surface area (Å²) in [5.74, 6) is 0.168. The maximum absolute atomic E-state index is 13.0. The Morgan fingerprint density at radius 1 is 0.969 bits per heavy atom. The second-order valence-electron chi connectivity index (χ2n) is 7.27. The first-order valence-electron chi connectivity index (χ1n) is 10.2. The highest BCUT2D eigenvalue weighted by molar-refractivity contribution is 6.35. The molecule has 3 rings (SSSR count). The van der Waals surface area contributed by atoms with Crippen LogP contribution in [0.4, 0.5) is 5.69 Å². The summed E-state index contributed by atoms with van der Waals surface area (Å²) in [6.07, 6.45) is 0.738. The van der Waals surface area contributed by atoms with E-state index in [2.05, 4.69) is 5.32 Å². The Kier molecular flexibility index (Phi) is 8.54. The first-order chi connectivity index (χ1) is 15.4. The van der Waals surface area contributed by atoms with Crippen LogP contribution in [0.2, 0.25) is 10.0 Å². The predicted molar refractivity (Wildman–Crippen MR) is 129 cm³/mol. The van der Waals surface area contributed by atoms with Gasteiger partial charge in [0.05, 0.1) is 22.9 Å². The van der Waals surface area contributed by atoms with Crippen molar-refractivity contribution in [1.29, 1.82) is 0 Å². The molecule has 0 aliphatic heterocycles. The number of para-hydroxylation sites is 1. The van der Waals surface area contributed by atoms with E-state index in [1.807, 2.05) is 30.3 Å². The predicted octanol–water partition coefficient (Wildman–Crippen LogP) is 6.06. The van der Waals surface area contributed by atoms with E-state index >= 15 is 0 Å². The van der Waals surface area contributed by atoms with Gasteiger partial charge < -0.3 is 15.0 Å². The Bertz CT molecular complexity index is 1070. The van der Waals surface area contributed by atoms with Gasteiger partial charge in [-0.3, -0.25) is 9.59 Å². The quantitative estimate of drug-likeness (QED) is 0.386. The number of halogens is 2. The molecule has 0 bridgehead atoms. The molecule has 7 heteroatoms. The van der Waals surface area contributed by atoms with Crippen LogP contribution < -0.4 is 10.1 Å². The van der Waals surface area contributed by atoms with Gasteiger partial charge in [0, 0.05) is 25.0 Å². The number of carbonyl (C=O) groups excluding carboxylic acids is 2. The third kappa shape index (κ3) is 6.74. The van der Waals surface area contributed by atoms with E-state index < -0.39 is 0 Å². The summed E-state index contributed by atoms with van der Waals surface area (Å²) in [6, 6.07) is 21.7. The van der Waals surface area contributed by atoms with Crippen molar-refractivity contribution in [2.45, 2.75) is 19.4 Å². The van der Waals surface area contributed by atoms with Gasteiger partial charge in [0.1, 0.15) is 5.75 Å². The Labute approximate surface area is 197 Å². The largest absolute Gasteiger partial charge is 0.492 e. The summed E-state index contributed by atoms with van der Waals surface area (Å²) < 4.78 is 5.61. The third-order valence-corrected chi connectivity index (χ3v) is 5.27. The number of benzene rings is 3. The maximum atomic E-state index is 13.0. The fourth-order valence-corrected chi connectivity index (χ4v) is 3.60. The number of rotatable bonds is 9. The second-order valence-corrected chi connectivity index (χ2v) is 8.11. The number of hydrogen-bond acceptors (Lipinski definition) is 3. The fourth-order valence-electron chi connectivity index (χ4n) is 3.13. The van der Waals surface area contributed by atoms with Gasteiger partial charge in [-0.15, -0.1) is 0 Å². The maximum Gasteiger partial charge on any atom is 0.256 e. The van der Waals surface area contributed by atoms with E-state index in [1.54, 1.807) is 54.4 Å². The zero-order chi connectivity index (χ0) is 22.9. The van der Waals surface area contributed by atoms with Crippen molar-refractivity contribution in [3.63, 3.8) is 0 Å². The summed E-state index contributed by atoms with van der Waals surface area (Å²) >= 11 is 11.9. The number of hydrogen-bond donors (Lipinski definition) is 1. The van der Waals surface area contributed by atoms with Crippen molar-refractivity contribution < 1.29 is 14.3 Å². The lowest BCUT2D eigenvalue weighted by atomic mass is 10.1. The zero-order valence-corrected chi connectivity index (χ0v) is 19.2. The molecule has 0 aromatic heterocycles. The van der Waals surface area contributed by atoms with E-state index in [0.29, 0.717) is 46.6 Å². The Morgan fingerprint density at radius 3 is 2.44 bits per heavy atom. The van der Waals surface area contributed by atoms with Crippen LogP contribution in [0.15, 0.2) is 72.8 Å². The van der Waals surface area contributed by atoms with E-state index in [9.17, 15) is 9.59 Å². The van der Waals surface area contributed by atoms with Crippen LogP contribution in [0.1, 0.15) is 28.8 Å². The van der Waals surface area contributed by atoms with Crippen LogP contribution in [0.3, 0.4) is 0 Å². The number of ether oxygens (including phenoxy) is 1. The molecule has 5 nitrogen and oxygen atoms in total. The van der Waals surface area contributed by atoms with Crippen molar-refractivity contribution in [3.05, 3.63) is 94.0 Å². The van der Waals surface area contributed by atoms with Gasteiger partial charge in [0.25, 0.3) is 5.91 Å². The summed E-state index contributed by atoms with van der Waals surface area (Å²) in [5, 5.41) is 3.80. The van der Waals surface area contributed by atoms with Crippen LogP contribution >= 0.6 is 23.2 Å². The Hall–Kier alpha value is -3.02. The molecule has 0 saturated carbocycles. The lowest BCUT2D eigenvalue weighted by molar-refractivity contribution is -0.116. The number of nitrogens with zero attached hydrogens (tertiary/aromatic N) is 1. The van der Waals surface area contributed by atoms with Crippen LogP contribution in [0, 0.1) is 0 Å². The monoisotopic (exact) mass is 470 g/mol. The standard InChI is InChI=1S/C25H24Cl2N2O3/c1-29(17-18-8-3-2-4-9-18)25(31)20-10-5-6-11-22(20)28-24(30)12-7-15-32-23-14-13-19(26)16-21(23)27/h2-6,8-11,13-14,16H,7,12,15,17H2,1H3,(H,28,30). The molecule has 166 valence electrons. The summed E-state index contributed by atoms with van der Waals surface area (Å²) in [4.78, 5) is 27.0. The number of nitrogens with one attached hydrogen (secondary N) is 1. The molecule has 1 N–H and O–H groups in total. The molecule has 2 amide bonds. The fraction of sp³-hybridized carbons (Fsp3) is 0.200. The number of amides is 2. The highest BCUT2D eigenvalue weighted by Gasteiger charge is 2.17. The van der Waals surface area contributed by atoms with Gasteiger partial charge in [-0.05, 0) is 42.3 Å². The molecule has 0 spiro atoms. The van der Waals surface area contributed by atoms with E-state index in [4.69, 9.17) is 27.9 Å². The minimum atomic E-state index is -0.193. The van der Waals surface area contributed by atoms with Crippen LogP contribution in [-0.2, 0) is 11.3 Å². The molecular weight excluding hydrogens is 447 g/mol. The van der Waals surface area contributed by atoms with Crippen molar-refractivity contribution >= 4 is 40.7 Å². The topological polar surface area (TPSA) is 58.6 Å². The lowest BCUT2D eigenvalue weighted by Crippen LogP contribution is -2.27. The first kappa shape index (κ1) is 23.6. The molecule has 0 aliphatic carbocycles. The highest BCUT2D eigenvalue weighted by Crippen LogP contribution is 2.27. The van der Waals surface area contributed by atoms with Crippen molar-refractivity contribution in [2.75, 3.05) is 19.0 Å². The lowest BCUT2D eigenvalue weighted by Gasteiger charge is -2.19. The van der Waals surface area contributed by atoms with Crippen molar-refractivity contribution in [3.8, 4) is 5.75 Å². The molecule has 0 saturated heterocycles. The van der Waals surface area contributed by atoms with Crippen molar-refractivity contribution in [1.82, 2.24) is 4.90 Å². The van der Waals surface area contributed by atoms with Gasteiger partial charge in [-0.2, -0.15) is 0 Å². The van der Waals surface area contributed by atoms with Gasteiger partial charge in [-0.1, -0.05) is 65.7 Å². The van der Waals surface area contributed by atoms with E-state index in [1.165, 1.54) is 0 Å². The minimum Gasteiger partial charge on any atom is -0.492 e. The SMILES string of the molecule is CN(Cc1ccccc1)C(=O)c1ccccc1NC(=O)CCCOc1ccc(Cl)cc1Cl. The molecular formula is C25H24Cl2N2O3. The summed E-state index contributed by atoms with van der Waals surface area (Å²) in [7, 11) is 1.74. The Morgan fingerprint density at radius 2 is 1.69 bits per heavy atom. The molecule has 0 heterocycles. The summed E-state index contributed by atoms with van der Waals surface area (Å²) in [6.45, 7) is 0.807. The molecule has 0 fully saturated rings. The summed E-state index contributed by atoms with van der Waals surface area (Å²) in [5.41, 5.74) is 1.97. The van der Waals surface area contributed by atoms with Crippen LogP contribution in [0.25, 0.3) is 0 Å². The minimum absolute atomic E-state index is 0.162. The first-order valence-corrected chi connectivity index (χ1v) is 11.0. The molecule has 0 unspecified atom stereocenters. The third-order valence-electron chi connectivity index (χ3n) is 4.74. The molecule has 0 atom stereocenters. The normalized spacial score (nSPS) is 10.5. The average molecular weight is 471 g/mol. The molecule has 0 radical (unpaired) electrons. The average Bonchev–Trinajstić information content (AvgIpc) is 2.78.